The largest absolute Gasteiger partial charge is 0.480 e. The molecule has 3 rings (SSSR count). The van der Waals surface area contributed by atoms with Crippen molar-refractivity contribution in [3.63, 3.8) is 0 Å². The number of aliphatic hydroxyl groups excluding tert-OH is 1. The van der Waals surface area contributed by atoms with Gasteiger partial charge in [-0.15, -0.1) is 0 Å². The van der Waals surface area contributed by atoms with E-state index in [0.717, 1.165) is 37.9 Å². The van der Waals surface area contributed by atoms with E-state index in [1.807, 2.05) is 27.7 Å². The number of amides is 10. The van der Waals surface area contributed by atoms with Crippen LogP contribution in [0.4, 0.5) is 4.79 Å². The number of imidazole rings is 1. The van der Waals surface area contributed by atoms with Crippen LogP contribution in [0.1, 0.15) is 201 Å². The number of aromatic nitrogens is 2. The molecule has 2 aliphatic heterocycles. The van der Waals surface area contributed by atoms with Gasteiger partial charge in [-0.25, -0.2) is 14.6 Å². The van der Waals surface area contributed by atoms with Crippen LogP contribution in [0.25, 0.3) is 0 Å². The molecule has 22 N–H and O–H groups in total. The number of carbonyl (C=O) groups excluding carboxylic acids is 9. The zero-order valence-electron chi connectivity index (χ0n) is 58.0. The first kappa shape index (κ1) is 83.7. The lowest BCUT2D eigenvalue weighted by atomic mass is 9.99. The molecule has 0 unspecified atom stereocenters. The van der Waals surface area contributed by atoms with Crippen LogP contribution < -0.4 is 81.4 Å². The van der Waals surface area contributed by atoms with Gasteiger partial charge in [0.15, 0.2) is 11.9 Å². The second-order valence-electron chi connectivity index (χ2n) is 26.2. The maximum atomic E-state index is 14.6. The third-order valence-corrected chi connectivity index (χ3v) is 18.2. The standard InChI is InChI=1S/C65H117N19O12S/c1-6-7-8-9-10-11-12-13-14-15-16-20-29-70-37-54(87)76-47(33-41(2)3)58(90)80-48(34-42(4)5)59(91)78-44(25-22-31-73-63(66)67)56(88)77-45(26-23-32-74-64(68)69)57(89)81-49(35-43-36-71-40-75-43)60(92)82-50(38-85)61(93)79-46(62(94)95)24-19-21-30-72-53(86)28-18-17-27-52-55-51(39-97-52)83-65(96)84-55/h36,40-42,44-52,55,70,85H,6-35,37-39H2,1-5H3,(H,71,75)(H,72,86)(H,76,87)(H,77,88)(H,78,91)(H,79,93)(H,80,90)(H,81,89)(H,82,92)(H,94,95)(H4,66,67,73)(H4,68,69,74)(H2,83,84,96)/t44-,45+,46-,47-,48-,49-,50-,51-,52-,55-/m0/s1. The van der Waals surface area contributed by atoms with Gasteiger partial charge in [0.25, 0.3) is 0 Å². The van der Waals surface area contributed by atoms with E-state index in [4.69, 9.17) is 22.9 Å². The summed E-state index contributed by atoms with van der Waals surface area (Å²) < 4.78 is 0. The predicted octanol–water partition coefficient (Wildman–Crippen LogP) is 0.925. The summed E-state index contributed by atoms with van der Waals surface area (Å²) in [4.78, 5) is 150. The molecule has 0 aromatic carbocycles. The first-order chi connectivity index (χ1) is 46.4. The van der Waals surface area contributed by atoms with Crippen LogP contribution in [0.5, 0.6) is 0 Å². The molecule has 3 heterocycles. The number of H-pyrrole nitrogens is 1. The number of nitrogens with two attached hydrogens (primary N) is 4. The second-order valence-corrected chi connectivity index (χ2v) is 27.5. The van der Waals surface area contributed by atoms with E-state index in [2.05, 4.69) is 85.4 Å². The van der Waals surface area contributed by atoms with Gasteiger partial charge in [-0.3, -0.25) is 48.3 Å². The Hall–Kier alpha value is -7.48. The molecule has 0 aliphatic carbocycles. The van der Waals surface area contributed by atoms with Crippen LogP contribution >= 0.6 is 11.8 Å². The number of fused-ring (bicyclic) bond motifs is 1. The van der Waals surface area contributed by atoms with E-state index in [0.29, 0.717) is 31.5 Å². The Morgan fingerprint density at radius 1 is 0.577 bits per heavy atom. The number of aliphatic imine (C=N–C) groups is 2. The van der Waals surface area contributed by atoms with E-state index < -0.39 is 90.3 Å². The number of carbonyl (C=O) groups is 10. The summed E-state index contributed by atoms with van der Waals surface area (Å²) in [6.45, 7) is 9.71. The molecule has 10 atom stereocenters. The lowest BCUT2D eigenvalue weighted by molar-refractivity contribution is -0.143. The Morgan fingerprint density at radius 3 is 1.60 bits per heavy atom. The molecule has 1 aromatic heterocycles. The summed E-state index contributed by atoms with van der Waals surface area (Å²) in [5.41, 5.74) is 22.7. The normalized spacial score (nSPS) is 16.9. The Bertz CT molecular complexity index is 2610. The minimum Gasteiger partial charge on any atom is -0.480 e. The lowest BCUT2D eigenvalue weighted by Gasteiger charge is -2.28. The van der Waals surface area contributed by atoms with Crippen molar-refractivity contribution in [2.24, 2.45) is 44.8 Å². The number of carboxylic acids is 1. The van der Waals surface area contributed by atoms with Crippen molar-refractivity contribution in [2.45, 2.75) is 261 Å². The summed E-state index contributed by atoms with van der Waals surface area (Å²) in [7, 11) is 0. The fourth-order valence-electron chi connectivity index (χ4n) is 11.5. The van der Waals surface area contributed by atoms with Crippen molar-refractivity contribution in [1.29, 1.82) is 0 Å². The number of thioether (sulfide) groups is 1. The van der Waals surface area contributed by atoms with Gasteiger partial charge in [-0.2, -0.15) is 11.8 Å². The highest BCUT2D eigenvalue weighted by Gasteiger charge is 2.43. The van der Waals surface area contributed by atoms with Crippen LogP contribution in [-0.2, 0) is 49.6 Å². The second kappa shape index (κ2) is 48.3. The van der Waals surface area contributed by atoms with Crippen molar-refractivity contribution in [3.05, 3.63) is 18.2 Å². The van der Waals surface area contributed by atoms with Gasteiger partial charge < -0.3 is 96.6 Å². The minimum absolute atomic E-state index is 0.00250. The number of rotatable bonds is 54. The molecule has 0 bridgehead atoms. The van der Waals surface area contributed by atoms with Crippen molar-refractivity contribution >= 4 is 82.9 Å². The molecule has 0 radical (unpaired) electrons. The zero-order chi connectivity index (χ0) is 71.5. The van der Waals surface area contributed by atoms with Crippen molar-refractivity contribution in [3.8, 4) is 0 Å². The van der Waals surface area contributed by atoms with E-state index in [-0.39, 0.29) is 143 Å². The lowest BCUT2D eigenvalue weighted by Crippen LogP contribution is -2.60. The number of aliphatic carboxylic acids is 1. The molecular weight excluding hydrogens is 1270 g/mol. The van der Waals surface area contributed by atoms with Crippen LogP contribution in [-0.4, -0.2) is 196 Å². The van der Waals surface area contributed by atoms with Crippen molar-refractivity contribution < 1.29 is 58.2 Å². The van der Waals surface area contributed by atoms with Gasteiger partial charge >= 0.3 is 12.0 Å². The van der Waals surface area contributed by atoms with Crippen LogP contribution in [0.2, 0.25) is 0 Å². The van der Waals surface area contributed by atoms with E-state index in [1.54, 1.807) is 11.8 Å². The third kappa shape index (κ3) is 36.1. The maximum Gasteiger partial charge on any atom is 0.326 e. The van der Waals surface area contributed by atoms with E-state index in [9.17, 15) is 58.2 Å². The summed E-state index contributed by atoms with van der Waals surface area (Å²) in [6, 6.07) is -9.61. The number of guanidine groups is 2. The van der Waals surface area contributed by atoms with Gasteiger partial charge in [0.05, 0.1) is 31.6 Å². The average Bonchev–Trinajstić information content (AvgIpc) is 1.70. The highest BCUT2D eigenvalue weighted by atomic mass is 32.2. The molecule has 0 saturated carbocycles. The van der Waals surface area contributed by atoms with Gasteiger partial charge in [0.1, 0.15) is 42.3 Å². The molecule has 2 fully saturated rings. The van der Waals surface area contributed by atoms with Crippen molar-refractivity contribution in [2.75, 3.05) is 45.1 Å². The quantitative estimate of drug-likeness (QED) is 0.0187. The van der Waals surface area contributed by atoms with Crippen molar-refractivity contribution in [1.82, 2.24) is 68.5 Å². The molecule has 32 heteroatoms. The minimum atomic E-state index is -1.71. The Morgan fingerprint density at radius 2 is 1.06 bits per heavy atom. The summed E-state index contributed by atoms with van der Waals surface area (Å²) in [5.74, 6) is -6.81. The molecule has 550 valence electrons. The molecule has 97 heavy (non-hydrogen) atoms. The highest BCUT2D eigenvalue weighted by Crippen LogP contribution is 2.33. The van der Waals surface area contributed by atoms with Gasteiger partial charge in [0, 0.05) is 55.4 Å². The molecular formula is C65H117N19O12S. The molecule has 10 amide bonds. The predicted molar refractivity (Wildman–Crippen MR) is 374 cm³/mol. The Labute approximate surface area is 576 Å². The SMILES string of the molecule is CCCCCCCCCCCCCCNCC(=O)N[C@@H](CC(C)C)C(=O)N[C@@H](CC(C)C)C(=O)N[C@@H](CCCN=C(N)N)C(=O)N[C@H](CCCN=C(N)N)C(=O)N[C@@H](Cc1cnc[nH]1)C(=O)N[C@@H](CO)C(=O)N[C@@H](CCCCNC(=O)CCCC[C@@H]1SC[C@@H]2NC(=O)N[C@@H]21)C(=O)O. The van der Waals surface area contributed by atoms with Gasteiger partial charge in [-0.1, -0.05) is 112 Å². The summed E-state index contributed by atoms with van der Waals surface area (Å²) in [5, 5.41) is 51.2. The van der Waals surface area contributed by atoms with Crippen LogP contribution in [0.15, 0.2) is 22.5 Å². The summed E-state index contributed by atoms with van der Waals surface area (Å²) >= 11 is 1.81. The maximum absolute atomic E-state index is 14.6. The number of urea groups is 1. The molecule has 2 saturated heterocycles. The average molecular weight is 1390 g/mol. The smallest absolute Gasteiger partial charge is 0.326 e. The van der Waals surface area contributed by atoms with E-state index >= 15 is 0 Å². The van der Waals surface area contributed by atoms with Crippen LogP contribution in [0.3, 0.4) is 0 Å². The number of aliphatic hydroxyl groups is 1. The van der Waals surface area contributed by atoms with Crippen LogP contribution in [0, 0.1) is 11.8 Å². The molecule has 1 aromatic rings. The number of aromatic amines is 1. The molecule has 0 spiro atoms. The monoisotopic (exact) mass is 1390 g/mol. The van der Waals surface area contributed by atoms with E-state index in [1.165, 1.54) is 70.3 Å². The third-order valence-electron chi connectivity index (χ3n) is 16.7. The number of nitrogens with one attached hydrogen (secondary N) is 12. The Kier molecular flexibility index (Phi) is 41.7. The molecule has 31 nitrogen and oxygen atoms in total. The first-order valence-corrected chi connectivity index (χ1v) is 36.1. The van der Waals surface area contributed by atoms with Gasteiger partial charge in [-0.05, 0) is 95.4 Å². The first-order valence-electron chi connectivity index (χ1n) is 35.1. The number of unbranched alkanes of at least 4 members (excludes halogenated alkanes) is 13. The number of nitrogens with zero attached hydrogens (tertiary/aromatic N) is 3. The zero-order valence-corrected chi connectivity index (χ0v) is 58.8. The fraction of sp³-hybridized carbons (Fsp3) is 0.769. The topological polar surface area (TPSA) is 501 Å². The van der Waals surface area contributed by atoms with Gasteiger partial charge in [0.2, 0.25) is 47.3 Å². The number of hydrogen-bond acceptors (Lipinski definition) is 16. The Balaban J connectivity index is 1.69. The summed E-state index contributed by atoms with van der Waals surface area (Å²) in [6.07, 6.45) is 20.7. The number of hydrogen-bond donors (Lipinski definition) is 18. The fourth-order valence-corrected chi connectivity index (χ4v) is 13.0. The molecule has 2 aliphatic rings. The number of carboxylic acid groups (broad SMARTS) is 1. The highest BCUT2D eigenvalue weighted by molar-refractivity contribution is 8.00.